The van der Waals surface area contributed by atoms with Crippen LogP contribution in [-0.2, 0) is 16.0 Å². The van der Waals surface area contributed by atoms with Crippen molar-refractivity contribution in [1.82, 2.24) is 0 Å². The molecule has 126 valence electrons. The summed E-state index contributed by atoms with van der Waals surface area (Å²) in [6.07, 6.45) is 2.04. The molecule has 0 saturated carbocycles. The second kappa shape index (κ2) is 7.45. The molecule has 2 aromatic carbocycles. The van der Waals surface area contributed by atoms with Crippen molar-refractivity contribution in [3.63, 3.8) is 0 Å². The normalized spacial score (nSPS) is 14.7. The van der Waals surface area contributed by atoms with Crippen LogP contribution in [0.5, 0.6) is 0 Å². The predicted molar refractivity (Wildman–Crippen MR) is 92.6 cm³/mol. The van der Waals surface area contributed by atoms with Crippen molar-refractivity contribution in [2.24, 2.45) is 0 Å². The maximum absolute atomic E-state index is 13.2. The van der Waals surface area contributed by atoms with Crippen molar-refractivity contribution >= 4 is 17.3 Å². The number of carbonyl (C=O) groups excluding carboxylic acids is 1. The first-order chi connectivity index (χ1) is 11.7. The van der Waals surface area contributed by atoms with Gasteiger partial charge in [-0.1, -0.05) is 12.1 Å². The fraction of sp³-hybridized carbons (Fsp3) is 0.316. The fourth-order valence-corrected chi connectivity index (χ4v) is 2.93. The van der Waals surface area contributed by atoms with Crippen LogP contribution in [0.4, 0.5) is 15.8 Å². The summed E-state index contributed by atoms with van der Waals surface area (Å²) in [6, 6.07) is 12.5. The average molecular weight is 328 g/mol. The van der Waals surface area contributed by atoms with Gasteiger partial charge in [-0.2, -0.15) is 0 Å². The molecule has 1 aliphatic rings. The summed E-state index contributed by atoms with van der Waals surface area (Å²) in [4.78, 5) is 11.4. The lowest BCUT2D eigenvalue weighted by Crippen LogP contribution is -2.19. The highest BCUT2D eigenvalue weighted by molar-refractivity contribution is 5.94. The lowest BCUT2D eigenvalue weighted by Gasteiger charge is -2.23. The van der Waals surface area contributed by atoms with Gasteiger partial charge in [-0.25, -0.2) is 4.39 Å². The number of hydrogen-bond donors (Lipinski definition) is 2. The SMILES string of the molecule is COCCC(Nc1ccc2c(c1)CCC(=O)N2)c1ccc(F)cc1. The number of aryl methyl sites for hydroxylation is 1. The number of carbonyl (C=O) groups is 1. The Labute approximate surface area is 141 Å². The van der Waals surface area contributed by atoms with E-state index in [-0.39, 0.29) is 17.8 Å². The van der Waals surface area contributed by atoms with E-state index in [1.54, 1.807) is 19.2 Å². The minimum atomic E-state index is -0.242. The van der Waals surface area contributed by atoms with Gasteiger partial charge in [0, 0.05) is 31.5 Å². The van der Waals surface area contributed by atoms with Gasteiger partial charge >= 0.3 is 0 Å². The molecule has 0 fully saturated rings. The lowest BCUT2D eigenvalue weighted by atomic mass is 10.0. The molecular weight excluding hydrogens is 307 g/mol. The van der Waals surface area contributed by atoms with Crippen LogP contribution >= 0.6 is 0 Å². The Bertz CT molecular complexity index is 716. The van der Waals surface area contributed by atoms with Crippen LogP contribution in [0.3, 0.4) is 0 Å². The Hall–Kier alpha value is -2.40. The standard InChI is InChI=1S/C19H21FN2O2/c1-24-11-10-18(13-2-5-15(20)6-3-13)21-16-7-8-17-14(12-16)4-9-19(23)22-17/h2-3,5-8,12,18,21H,4,9-11H2,1H3,(H,22,23). The summed E-state index contributed by atoms with van der Waals surface area (Å²) in [5.41, 5.74) is 4.01. The highest BCUT2D eigenvalue weighted by Gasteiger charge is 2.16. The molecule has 4 nitrogen and oxygen atoms in total. The number of nitrogens with one attached hydrogen (secondary N) is 2. The molecule has 0 aromatic heterocycles. The lowest BCUT2D eigenvalue weighted by molar-refractivity contribution is -0.116. The summed E-state index contributed by atoms with van der Waals surface area (Å²) in [5.74, 6) is -0.179. The van der Waals surface area contributed by atoms with Crippen LogP contribution in [0.2, 0.25) is 0 Å². The fourth-order valence-electron chi connectivity index (χ4n) is 2.93. The summed E-state index contributed by atoms with van der Waals surface area (Å²) in [6.45, 7) is 0.607. The number of rotatable bonds is 6. The van der Waals surface area contributed by atoms with Crippen LogP contribution in [0.25, 0.3) is 0 Å². The first-order valence-electron chi connectivity index (χ1n) is 8.09. The van der Waals surface area contributed by atoms with Gasteiger partial charge < -0.3 is 15.4 Å². The van der Waals surface area contributed by atoms with Gasteiger partial charge in [0.1, 0.15) is 5.82 Å². The highest BCUT2D eigenvalue weighted by atomic mass is 19.1. The van der Waals surface area contributed by atoms with Crippen molar-refractivity contribution in [3.05, 3.63) is 59.4 Å². The smallest absolute Gasteiger partial charge is 0.224 e. The summed E-state index contributed by atoms with van der Waals surface area (Å²) in [7, 11) is 1.67. The van der Waals surface area contributed by atoms with E-state index >= 15 is 0 Å². The van der Waals surface area contributed by atoms with Gasteiger partial charge in [0.15, 0.2) is 0 Å². The minimum absolute atomic E-state index is 0.0294. The van der Waals surface area contributed by atoms with Crippen molar-refractivity contribution in [2.75, 3.05) is 24.4 Å². The maximum Gasteiger partial charge on any atom is 0.224 e. The van der Waals surface area contributed by atoms with Crippen LogP contribution in [0.1, 0.15) is 30.0 Å². The number of fused-ring (bicyclic) bond motifs is 1. The van der Waals surface area contributed by atoms with Crippen LogP contribution in [0, 0.1) is 5.82 Å². The number of anilines is 2. The van der Waals surface area contributed by atoms with E-state index in [2.05, 4.69) is 16.7 Å². The third kappa shape index (κ3) is 3.92. The second-order valence-electron chi connectivity index (χ2n) is 5.95. The van der Waals surface area contributed by atoms with Crippen LogP contribution < -0.4 is 10.6 Å². The molecule has 3 rings (SSSR count). The Morgan fingerprint density at radius 2 is 2.00 bits per heavy atom. The molecule has 2 N–H and O–H groups in total. The molecule has 1 atom stereocenters. The quantitative estimate of drug-likeness (QED) is 0.845. The first-order valence-corrected chi connectivity index (χ1v) is 8.09. The molecule has 1 aliphatic heterocycles. The third-order valence-corrected chi connectivity index (χ3v) is 4.22. The van der Waals surface area contributed by atoms with Gasteiger partial charge in [-0.15, -0.1) is 0 Å². The zero-order valence-electron chi connectivity index (χ0n) is 13.6. The highest BCUT2D eigenvalue weighted by Crippen LogP contribution is 2.29. The van der Waals surface area contributed by atoms with E-state index < -0.39 is 0 Å². The van der Waals surface area contributed by atoms with Crippen molar-refractivity contribution in [1.29, 1.82) is 0 Å². The number of benzene rings is 2. The van der Waals surface area contributed by atoms with Gasteiger partial charge in [0.05, 0.1) is 6.04 Å². The Morgan fingerprint density at radius 3 is 2.75 bits per heavy atom. The number of methoxy groups -OCH3 is 1. The van der Waals surface area contributed by atoms with Crippen LogP contribution in [0.15, 0.2) is 42.5 Å². The van der Waals surface area contributed by atoms with Crippen molar-refractivity contribution in [2.45, 2.75) is 25.3 Å². The number of ether oxygens (including phenoxy) is 1. The van der Waals surface area contributed by atoms with E-state index in [1.165, 1.54) is 12.1 Å². The van der Waals surface area contributed by atoms with Crippen molar-refractivity contribution in [3.8, 4) is 0 Å². The molecule has 0 spiro atoms. The Kier molecular flexibility index (Phi) is 5.11. The maximum atomic E-state index is 13.2. The van der Waals surface area contributed by atoms with Gasteiger partial charge in [0.25, 0.3) is 0 Å². The molecule has 5 heteroatoms. The summed E-state index contributed by atoms with van der Waals surface area (Å²) >= 11 is 0. The number of hydrogen-bond acceptors (Lipinski definition) is 3. The van der Waals surface area contributed by atoms with Crippen molar-refractivity contribution < 1.29 is 13.9 Å². The predicted octanol–water partition coefficient (Wildman–Crippen LogP) is 3.90. The molecule has 0 bridgehead atoms. The molecule has 1 amide bonds. The summed E-state index contributed by atoms with van der Waals surface area (Å²) < 4.78 is 18.4. The number of halogens is 1. The monoisotopic (exact) mass is 328 g/mol. The Balaban J connectivity index is 1.79. The molecular formula is C19H21FN2O2. The van der Waals surface area contributed by atoms with Gasteiger partial charge in [0.2, 0.25) is 5.91 Å². The minimum Gasteiger partial charge on any atom is -0.385 e. The zero-order valence-corrected chi connectivity index (χ0v) is 13.6. The molecule has 1 unspecified atom stereocenters. The average Bonchev–Trinajstić information content (AvgIpc) is 2.59. The van der Waals surface area contributed by atoms with E-state index in [1.807, 2.05) is 12.1 Å². The molecule has 2 aromatic rings. The Morgan fingerprint density at radius 1 is 1.21 bits per heavy atom. The summed E-state index contributed by atoms with van der Waals surface area (Å²) in [5, 5.41) is 6.38. The van der Waals surface area contributed by atoms with E-state index in [0.29, 0.717) is 13.0 Å². The van der Waals surface area contributed by atoms with E-state index in [4.69, 9.17) is 4.74 Å². The topological polar surface area (TPSA) is 50.4 Å². The molecule has 0 radical (unpaired) electrons. The molecule has 1 heterocycles. The second-order valence-corrected chi connectivity index (χ2v) is 5.95. The third-order valence-electron chi connectivity index (χ3n) is 4.22. The van der Waals surface area contributed by atoms with E-state index in [0.717, 1.165) is 35.3 Å². The largest absolute Gasteiger partial charge is 0.385 e. The van der Waals surface area contributed by atoms with E-state index in [9.17, 15) is 9.18 Å². The number of amides is 1. The molecule has 0 aliphatic carbocycles. The van der Waals surface area contributed by atoms with Gasteiger partial charge in [-0.3, -0.25) is 4.79 Å². The van der Waals surface area contributed by atoms with Crippen LogP contribution in [-0.4, -0.2) is 19.6 Å². The molecule has 24 heavy (non-hydrogen) atoms. The first kappa shape index (κ1) is 16.5. The molecule has 0 saturated heterocycles. The van der Waals surface area contributed by atoms with Gasteiger partial charge in [-0.05, 0) is 54.3 Å². The zero-order chi connectivity index (χ0) is 16.9.